The van der Waals surface area contributed by atoms with E-state index in [0.29, 0.717) is 32.0 Å². The van der Waals surface area contributed by atoms with Crippen LogP contribution in [-0.2, 0) is 22.6 Å². The van der Waals surface area contributed by atoms with Gasteiger partial charge in [-0.15, -0.1) is 0 Å². The van der Waals surface area contributed by atoms with Crippen LogP contribution in [0, 0.1) is 5.92 Å². The molecule has 6 nitrogen and oxygen atoms in total. The third-order valence-electron chi connectivity index (χ3n) is 6.84. The number of aromatic nitrogens is 1. The second-order valence-electron chi connectivity index (χ2n) is 8.97. The summed E-state index contributed by atoms with van der Waals surface area (Å²) in [6.45, 7) is 3.43. The summed E-state index contributed by atoms with van der Waals surface area (Å²) in [5.41, 5.74) is 2.21. The van der Waals surface area contributed by atoms with Crippen LogP contribution in [0.25, 0.3) is 0 Å². The molecule has 170 valence electrons. The Bertz CT molecular complexity index is 860. The van der Waals surface area contributed by atoms with Crippen LogP contribution in [0.2, 0.25) is 0 Å². The van der Waals surface area contributed by atoms with Crippen LogP contribution in [0.4, 0.5) is 0 Å². The molecule has 0 bridgehead atoms. The summed E-state index contributed by atoms with van der Waals surface area (Å²) >= 11 is 0. The lowest BCUT2D eigenvalue weighted by atomic mass is 9.95. The van der Waals surface area contributed by atoms with Crippen LogP contribution in [0.3, 0.4) is 0 Å². The number of hydrogen-bond donors (Lipinski definition) is 1. The maximum atomic E-state index is 13.2. The first-order chi connectivity index (χ1) is 15.7. The van der Waals surface area contributed by atoms with E-state index in [0.717, 1.165) is 37.9 Å². The number of piperazine rings is 1. The molecule has 1 aliphatic carbocycles. The zero-order valence-electron chi connectivity index (χ0n) is 18.8. The van der Waals surface area contributed by atoms with Crippen LogP contribution in [0.5, 0.6) is 0 Å². The molecule has 2 aliphatic rings. The SMILES string of the molecule is O=C(NCc1cccnc1)C(C1CCCC1)N1CCN(C(=O)CCc2ccccc2)CC1. The highest BCUT2D eigenvalue weighted by Gasteiger charge is 2.37. The van der Waals surface area contributed by atoms with E-state index in [9.17, 15) is 9.59 Å². The van der Waals surface area contributed by atoms with Crippen LogP contribution in [0.15, 0.2) is 54.9 Å². The summed E-state index contributed by atoms with van der Waals surface area (Å²) in [6, 6.07) is 13.9. The van der Waals surface area contributed by atoms with Crippen molar-refractivity contribution in [2.45, 2.75) is 51.1 Å². The van der Waals surface area contributed by atoms with Crippen LogP contribution >= 0.6 is 0 Å². The van der Waals surface area contributed by atoms with Gasteiger partial charge in [0.25, 0.3) is 0 Å². The van der Waals surface area contributed by atoms with E-state index in [-0.39, 0.29) is 17.9 Å². The fraction of sp³-hybridized carbons (Fsp3) is 0.500. The molecule has 2 amide bonds. The van der Waals surface area contributed by atoms with Gasteiger partial charge in [0, 0.05) is 51.5 Å². The zero-order chi connectivity index (χ0) is 22.2. The largest absolute Gasteiger partial charge is 0.351 e. The molecule has 1 saturated heterocycles. The van der Waals surface area contributed by atoms with E-state index in [1.165, 1.54) is 18.4 Å². The van der Waals surface area contributed by atoms with Gasteiger partial charge in [-0.05, 0) is 42.4 Å². The molecule has 32 heavy (non-hydrogen) atoms. The molecule has 1 aromatic heterocycles. The van der Waals surface area contributed by atoms with Gasteiger partial charge in [0.1, 0.15) is 0 Å². The summed E-state index contributed by atoms with van der Waals surface area (Å²) < 4.78 is 0. The number of nitrogens with one attached hydrogen (secondary N) is 1. The summed E-state index contributed by atoms with van der Waals surface area (Å²) in [5.74, 6) is 0.737. The molecular weight excluding hydrogens is 400 g/mol. The quantitative estimate of drug-likeness (QED) is 0.694. The maximum Gasteiger partial charge on any atom is 0.237 e. The van der Waals surface area contributed by atoms with Gasteiger partial charge in [-0.3, -0.25) is 19.5 Å². The fourth-order valence-electron chi connectivity index (χ4n) is 5.05. The van der Waals surface area contributed by atoms with Gasteiger partial charge in [-0.2, -0.15) is 0 Å². The minimum atomic E-state index is -0.101. The predicted molar refractivity (Wildman–Crippen MR) is 125 cm³/mol. The molecule has 1 atom stereocenters. The number of carbonyl (C=O) groups is 2. The third kappa shape index (κ3) is 5.94. The zero-order valence-corrected chi connectivity index (χ0v) is 18.8. The summed E-state index contributed by atoms with van der Waals surface area (Å²) in [4.78, 5) is 34.4. The topological polar surface area (TPSA) is 65.5 Å². The van der Waals surface area contributed by atoms with Crippen molar-refractivity contribution in [2.75, 3.05) is 26.2 Å². The Labute approximate surface area is 191 Å². The van der Waals surface area contributed by atoms with Crippen molar-refractivity contribution < 1.29 is 9.59 Å². The van der Waals surface area contributed by atoms with E-state index < -0.39 is 0 Å². The Hall–Kier alpha value is -2.73. The lowest BCUT2D eigenvalue weighted by Crippen LogP contribution is -2.57. The van der Waals surface area contributed by atoms with Gasteiger partial charge in [-0.1, -0.05) is 49.2 Å². The smallest absolute Gasteiger partial charge is 0.237 e. The fourth-order valence-corrected chi connectivity index (χ4v) is 5.05. The Balaban J connectivity index is 1.30. The van der Waals surface area contributed by atoms with Gasteiger partial charge in [0.05, 0.1) is 6.04 Å². The Morgan fingerprint density at radius 3 is 2.38 bits per heavy atom. The number of carbonyl (C=O) groups excluding carboxylic acids is 2. The van der Waals surface area contributed by atoms with E-state index in [1.54, 1.807) is 12.4 Å². The van der Waals surface area contributed by atoms with Gasteiger partial charge < -0.3 is 10.2 Å². The molecular formula is C26H34N4O2. The Morgan fingerprint density at radius 2 is 1.69 bits per heavy atom. The average molecular weight is 435 g/mol. The van der Waals surface area contributed by atoms with Crippen molar-refractivity contribution in [3.8, 4) is 0 Å². The number of pyridine rings is 1. The summed E-state index contributed by atoms with van der Waals surface area (Å²) in [5, 5.41) is 3.14. The number of nitrogens with zero attached hydrogens (tertiary/aromatic N) is 3. The molecule has 1 aliphatic heterocycles. The molecule has 0 spiro atoms. The average Bonchev–Trinajstić information content (AvgIpc) is 3.37. The van der Waals surface area contributed by atoms with Crippen molar-refractivity contribution >= 4 is 11.8 Å². The molecule has 2 aromatic rings. The summed E-state index contributed by atoms with van der Waals surface area (Å²) in [6.07, 6.45) is 9.49. The number of amides is 2. The molecule has 1 saturated carbocycles. The molecule has 6 heteroatoms. The van der Waals surface area contributed by atoms with E-state index in [2.05, 4.69) is 27.3 Å². The van der Waals surface area contributed by atoms with Crippen molar-refractivity contribution in [1.82, 2.24) is 20.1 Å². The molecule has 1 unspecified atom stereocenters. The number of hydrogen-bond acceptors (Lipinski definition) is 4. The highest BCUT2D eigenvalue weighted by atomic mass is 16.2. The molecule has 2 heterocycles. The molecule has 1 N–H and O–H groups in total. The molecule has 0 radical (unpaired) electrons. The normalized spacial score (nSPS) is 18.4. The molecule has 2 fully saturated rings. The lowest BCUT2D eigenvalue weighted by Gasteiger charge is -2.40. The highest BCUT2D eigenvalue weighted by molar-refractivity contribution is 5.82. The minimum absolute atomic E-state index is 0.101. The predicted octanol–water partition coefficient (Wildman–Crippen LogP) is 3.03. The van der Waals surface area contributed by atoms with Gasteiger partial charge in [0.15, 0.2) is 0 Å². The van der Waals surface area contributed by atoms with Crippen molar-refractivity contribution in [3.05, 3.63) is 66.0 Å². The van der Waals surface area contributed by atoms with Gasteiger partial charge >= 0.3 is 0 Å². The summed E-state index contributed by atoms with van der Waals surface area (Å²) in [7, 11) is 0. The molecule has 4 rings (SSSR count). The minimum Gasteiger partial charge on any atom is -0.351 e. The van der Waals surface area contributed by atoms with Crippen LogP contribution < -0.4 is 5.32 Å². The first kappa shape index (κ1) is 22.5. The standard InChI is InChI=1S/C26H34N4O2/c31-24(13-12-21-7-2-1-3-8-21)29-15-17-30(18-16-29)25(23-10-4-5-11-23)26(32)28-20-22-9-6-14-27-19-22/h1-3,6-9,14,19,23,25H,4-5,10-13,15-18,20H2,(H,28,32). The maximum absolute atomic E-state index is 13.2. The second kappa shape index (κ2) is 11.2. The van der Waals surface area contributed by atoms with Crippen molar-refractivity contribution in [2.24, 2.45) is 5.92 Å². The van der Waals surface area contributed by atoms with Gasteiger partial charge in [-0.25, -0.2) is 0 Å². The Morgan fingerprint density at radius 1 is 0.969 bits per heavy atom. The van der Waals surface area contributed by atoms with E-state index >= 15 is 0 Å². The number of benzene rings is 1. The van der Waals surface area contributed by atoms with Crippen molar-refractivity contribution in [1.29, 1.82) is 0 Å². The van der Waals surface area contributed by atoms with E-state index in [4.69, 9.17) is 0 Å². The number of rotatable bonds is 8. The third-order valence-corrected chi connectivity index (χ3v) is 6.84. The monoisotopic (exact) mass is 434 g/mol. The van der Waals surface area contributed by atoms with E-state index in [1.807, 2.05) is 35.2 Å². The van der Waals surface area contributed by atoms with Crippen molar-refractivity contribution in [3.63, 3.8) is 0 Å². The second-order valence-corrected chi connectivity index (χ2v) is 8.97. The lowest BCUT2D eigenvalue weighted by molar-refractivity contribution is -0.135. The first-order valence-corrected chi connectivity index (χ1v) is 11.9. The first-order valence-electron chi connectivity index (χ1n) is 11.9. The van der Waals surface area contributed by atoms with Gasteiger partial charge in [0.2, 0.25) is 11.8 Å². The molecule has 1 aromatic carbocycles. The van der Waals surface area contributed by atoms with Crippen LogP contribution in [0.1, 0.15) is 43.2 Å². The van der Waals surface area contributed by atoms with Crippen LogP contribution in [-0.4, -0.2) is 58.8 Å². The highest BCUT2D eigenvalue weighted by Crippen LogP contribution is 2.31. The number of aryl methyl sites for hydroxylation is 1. The Kier molecular flexibility index (Phi) is 7.88.